The lowest BCUT2D eigenvalue weighted by Crippen LogP contribution is -2.44. The fraction of sp³-hybridized carbons (Fsp3) is 0.333. The largest absolute Gasteiger partial charge is 0.380 e. The Morgan fingerprint density at radius 1 is 0.943 bits per heavy atom. The number of amides is 1. The van der Waals surface area contributed by atoms with Gasteiger partial charge in [-0.2, -0.15) is 5.26 Å². The first-order chi connectivity index (χ1) is 16.7. The van der Waals surface area contributed by atoms with Gasteiger partial charge in [-0.15, -0.1) is 0 Å². The summed E-state index contributed by atoms with van der Waals surface area (Å²) >= 11 is 0. The van der Waals surface area contributed by atoms with Crippen LogP contribution in [0.2, 0.25) is 0 Å². The number of piperidine rings is 1. The van der Waals surface area contributed by atoms with E-state index in [-0.39, 0.29) is 11.8 Å². The molecule has 0 unspecified atom stereocenters. The van der Waals surface area contributed by atoms with Crippen molar-refractivity contribution in [1.29, 1.82) is 5.26 Å². The number of nitrogens with one attached hydrogen (secondary N) is 1. The van der Waals surface area contributed by atoms with Gasteiger partial charge in [0.05, 0.1) is 11.3 Å². The molecule has 0 aliphatic carbocycles. The first-order valence-corrected chi connectivity index (χ1v) is 12.2. The summed E-state index contributed by atoms with van der Waals surface area (Å²) in [5.74, 6) is -0.0458. The van der Waals surface area contributed by atoms with Gasteiger partial charge in [0.15, 0.2) is 0 Å². The molecule has 3 aromatic rings. The number of carbonyl (C=O) groups excluding carboxylic acids is 1. The van der Waals surface area contributed by atoms with Gasteiger partial charge in [-0.1, -0.05) is 81.4 Å². The SMILES string of the molecule is CC(C)(C)C(=O)Nc1ccc(N2CCC(C(O)(c3ccccc3)c3ccccc3)CC2)c(C#N)c1. The lowest BCUT2D eigenvalue weighted by molar-refractivity contribution is -0.123. The van der Waals surface area contributed by atoms with E-state index in [1.54, 1.807) is 6.07 Å². The lowest BCUT2D eigenvalue weighted by atomic mass is 9.72. The van der Waals surface area contributed by atoms with Crippen molar-refractivity contribution in [3.63, 3.8) is 0 Å². The second-order valence-corrected chi connectivity index (χ2v) is 10.3. The van der Waals surface area contributed by atoms with Crippen LogP contribution < -0.4 is 10.2 Å². The van der Waals surface area contributed by atoms with Crippen LogP contribution >= 0.6 is 0 Å². The van der Waals surface area contributed by atoms with E-state index < -0.39 is 11.0 Å². The molecule has 1 saturated heterocycles. The molecule has 5 heteroatoms. The summed E-state index contributed by atoms with van der Waals surface area (Å²) in [6.07, 6.45) is 1.57. The Morgan fingerprint density at radius 3 is 1.97 bits per heavy atom. The smallest absolute Gasteiger partial charge is 0.229 e. The van der Waals surface area contributed by atoms with E-state index in [2.05, 4.69) is 16.3 Å². The highest BCUT2D eigenvalue weighted by Gasteiger charge is 2.41. The van der Waals surface area contributed by atoms with Crippen molar-refractivity contribution in [2.45, 2.75) is 39.2 Å². The minimum absolute atomic E-state index is 0.0411. The van der Waals surface area contributed by atoms with Crippen LogP contribution in [0.15, 0.2) is 78.9 Å². The average molecular weight is 468 g/mol. The summed E-state index contributed by atoms with van der Waals surface area (Å²) in [6.45, 7) is 7.04. The normalized spacial score (nSPS) is 14.9. The van der Waals surface area contributed by atoms with Crippen LogP contribution in [0.25, 0.3) is 0 Å². The molecule has 1 heterocycles. The van der Waals surface area contributed by atoms with Crippen molar-refractivity contribution in [1.82, 2.24) is 0 Å². The van der Waals surface area contributed by atoms with Crippen molar-refractivity contribution < 1.29 is 9.90 Å². The number of nitriles is 1. The zero-order valence-electron chi connectivity index (χ0n) is 20.7. The van der Waals surface area contributed by atoms with Gasteiger partial charge in [0.25, 0.3) is 0 Å². The summed E-state index contributed by atoms with van der Waals surface area (Å²) in [5, 5.41) is 24.8. The predicted octanol–water partition coefficient (Wildman–Crippen LogP) is 5.70. The quantitative estimate of drug-likeness (QED) is 0.505. The van der Waals surface area contributed by atoms with Gasteiger partial charge >= 0.3 is 0 Å². The fourth-order valence-electron chi connectivity index (χ4n) is 4.86. The Labute approximate surface area is 208 Å². The van der Waals surface area contributed by atoms with Crippen LogP contribution in [-0.4, -0.2) is 24.1 Å². The van der Waals surface area contributed by atoms with E-state index in [0.717, 1.165) is 42.7 Å². The summed E-state index contributed by atoms with van der Waals surface area (Å²) in [4.78, 5) is 14.6. The van der Waals surface area contributed by atoms with E-state index in [0.29, 0.717) is 11.3 Å². The number of benzene rings is 3. The zero-order valence-corrected chi connectivity index (χ0v) is 20.7. The number of anilines is 2. The van der Waals surface area contributed by atoms with E-state index >= 15 is 0 Å². The van der Waals surface area contributed by atoms with E-state index in [4.69, 9.17) is 0 Å². The standard InChI is InChI=1S/C30H33N3O2/c1-29(2,3)28(34)32-26-14-15-27(22(20-26)21-31)33-18-16-25(17-19-33)30(35,23-10-6-4-7-11-23)24-12-8-5-9-13-24/h4-15,20,25,35H,16-19H2,1-3H3,(H,32,34). The Morgan fingerprint density at radius 2 is 1.49 bits per heavy atom. The molecule has 0 spiro atoms. The van der Waals surface area contributed by atoms with Gasteiger partial charge in [0.2, 0.25) is 5.91 Å². The van der Waals surface area contributed by atoms with Crippen molar-refractivity contribution in [3.05, 3.63) is 95.6 Å². The van der Waals surface area contributed by atoms with E-state index in [1.807, 2.05) is 93.6 Å². The summed E-state index contributed by atoms with van der Waals surface area (Å²) in [7, 11) is 0. The highest BCUT2D eigenvalue weighted by atomic mass is 16.3. The van der Waals surface area contributed by atoms with Gasteiger partial charge in [-0.05, 0) is 48.1 Å². The Kier molecular flexibility index (Phi) is 6.95. The van der Waals surface area contributed by atoms with Crippen molar-refractivity contribution >= 4 is 17.3 Å². The molecule has 2 N–H and O–H groups in total. The first kappa shape index (κ1) is 24.5. The fourth-order valence-corrected chi connectivity index (χ4v) is 4.86. The predicted molar refractivity (Wildman–Crippen MR) is 140 cm³/mol. The molecule has 35 heavy (non-hydrogen) atoms. The minimum atomic E-state index is -1.08. The van der Waals surface area contributed by atoms with Crippen molar-refractivity contribution in [3.8, 4) is 6.07 Å². The third kappa shape index (κ3) is 5.08. The topological polar surface area (TPSA) is 76.4 Å². The Balaban J connectivity index is 1.55. The molecule has 1 aliphatic rings. The molecule has 3 aromatic carbocycles. The van der Waals surface area contributed by atoms with Crippen LogP contribution in [0.3, 0.4) is 0 Å². The van der Waals surface area contributed by atoms with Crippen LogP contribution in [0.4, 0.5) is 11.4 Å². The Hall–Kier alpha value is -3.62. The highest BCUT2D eigenvalue weighted by Crippen LogP contribution is 2.42. The lowest BCUT2D eigenvalue weighted by Gasteiger charge is -2.43. The molecule has 1 fully saturated rings. The third-order valence-corrected chi connectivity index (χ3v) is 6.91. The number of hydrogen-bond donors (Lipinski definition) is 2. The van der Waals surface area contributed by atoms with Crippen LogP contribution in [-0.2, 0) is 10.4 Å². The number of rotatable bonds is 5. The van der Waals surface area contributed by atoms with Crippen molar-refractivity contribution in [2.75, 3.05) is 23.3 Å². The second kappa shape index (κ2) is 9.93. The van der Waals surface area contributed by atoms with Crippen LogP contribution in [0.1, 0.15) is 50.3 Å². The van der Waals surface area contributed by atoms with Crippen molar-refractivity contribution in [2.24, 2.45) is 11.3 Å². The molecule has 5 nitrogen and oxygen atoms in total. The van der Waals surface area contributed by atoms with Gasteiger partial charge in [0, 0.05) is 24.2 Å². The molecular formula is C30H33N3O2. The van der Waals surface area contributed by atoms with Gasteiger partial charge in [-0.3, -0.25) is 4.79 Å². The van der Waals surface area contributed by atoms with Crippen LogP contribution in [0, 0.1) is 22.7 Å². The summed E-state index contributed by atoms with van der Waals surface area (Å²) in [6, 6.07) is 27.6. The molecule has 0 saturated carbocycles. The first-order valence-electron chi connectivity index (χ1n) is 12.2. The van der Waals surface area contributed by atoms with E-state index in [9.17, 15) is 15.2 Å². The molecule has 1 amide bonds. The van der Waals surface area contributed by atoms with Crippen LogP contribution in [0.5, 0.6) is 0 Å². The average Bonchev–Trinajstić information content (AvgIpc) is 2.88. The number of carbonyl (C=O) groups is 1. The number of aliphatic hydroxyl groups is 1. The second-order valence-electron chi connectivity index (χ2n) is 10.3. The maximum Gasteiger partial charge on any atom is 0.229 e. The third-order valence-electron chi connectivity index (χ3n) is 6.91. The molecule has 0 radical (unpaired) electrons. The molecular weight excluding hydrogens is 434 g/mol. The monoisotopic (exact) mass is 467 g/mol. The summed E-state index contributed by atoms with van der Waals surface area (Å²) in [5.41, 5.74) is 2.25. The number of nitrogens with zero attached hydrogens (tertiary/aromatic N) is 2. The summed E-state index contributed by atoms with van der Waals surface area (Å²) < 4.78 is 0. The molecule has 1 aliphatic heterocycles. The molecule has 0 aromatic heterocycles. The highest BCUT2D eigenvalue weighted by molar-refractivity contribution is 5.95. The van der Waals surface area contributed by atoms with E-state index in [1.165, 1.54) is 0 Å². The maximum absolute atomic E-state index is 12.4. The molecule has 4 rings (SSSR count). The van der Waals surface area contributed by atoms with Gasteiger partial charge in [-0.25, -0.2) is 0 Å². The Bertz CT molecular complexity index is 1160. The molecule has 0 atom stereocenters. The van der Waals surface area contributed by atoms with Gasteiger partial charge in [0.1, 0.15) is 11.7 Å². The molecule has 0 bridgehead atoms. The maximum atomic E-state index is 12.4. The molecule has 180 valence electrons. The number of hydrogen-bond acceptors (Lipinski definition) is 4. The zero-order chi connectivity index (χ0) is 25.1. The van der Waals surface area contributed by atoms with Gasteiger partial charge < -0.3 is 15.3 Å². The minimum Gasteiger partial charge on any atom is -0.380 e.